The van der Waals surface area contributed by atoms with Crippen LogP contribution in [-0.2, 0) is 21.4 Å². The molecular formula is C16H14N2O5S. The van der Waals surface area contributed by atoms with E-state index in [4.69, 9.17) is 19.9 Å². The van der Waals surface area contributed by atoms with Gasteiger partial charge in [-0.15, -0.1) is 0 Å². The minimum absolute atomic E-state index is 0.0243. The van der Waals surface area contributed by atoms with Gasteiger partial charge in [-0.3, -0.25) is 0 Å². The quantitative estimate of drug-likeness (QED) is 0.821. The molecule has 0 amide bonds. The lowest BCUT2D eigenvalue weighted by molar-refractivity contribution is 0.0472. The van der Waals surface area contributed by atoms with Crippen LogP contribution in [0.2, 0.25) is 0 Å². The van der Waals surface area contributed by atoms with E-state index in [1.807, 2.05) is 6.07 Å². The SMILES string of the molecule is COc1ccc(C(=O)OCc2cccc(C#N)c2)cc1S(N)(=O)=O. The standard InChI is InChI=1S/C16H14N2O5S/c1-22-14-6-5-13(8-15(14)24(18,20)21)16(19)23-10-12-4-2-3-11(7-12)9-17/h2-8H,10H2,1H3,(H2,18,20,21). The first-order valence-electron chi connectivity index (χ1n) is 6.72. The molecule has 2 aromatic carbocycles. The molecule has 0 spiro atoms. The summed E-state index contributed by atoms with van der Waals surface area (Å²) in [6, 6.07) is 12.4. The lowest BCUT2D eigenvalue weighted by Gasteiger charge is -2.09. The summed E-state index contributed by atoms with van der Waals surface area (Å²) >= 11 is 0. The van der Waals surface area contributed by atoms with E-state index in [1.54, 1.807) is 24.3 Å². The number of hydrogen-bond donors (Lipinski definition) is 1. The minimum Gasteiger partial charge on any atom is -0.495 e. The van der Waals surface area contributed by atoms with Gasteiger partial charge in [0.1, 0.15) is 17.3 Å². The topological polar surface area (TPSA) is 119 Å². The monoisotopic (exact) mass is 346 g/mol. The van der Waals surface area contributed by atoms with Crippen molar-refractivity contribution in [3.63, 3.8) is 0 Å². The molecule has 2 N–H and O–H groups in total. The summed E-state index contributed by atoms with van der Waals surface area (Å²) in [5.41, 5.74) is 1.11. The van der Waals surface area contributed by atoms with E-state index >= 15 is 0 Å². The number of benzene rings is 2. The average Bonchev–Trinajstić information content (AvgIpc) is 2.58. The van der Waals surface area contributed by atoms with E-state index in [-0.39, 0.29) is 22.8 Å². The second-order valence-corrected chi connectivity index (χ2v) is 6.33. The van der Waals surface area contributed by atoms with Crippen LogP contribution < -0.4 is 9.88 Å². The Morgan fingerprint density at radius 2 is 2.00 bits per heavy atom. The van der Waals surface area contributed by atoms with Crippen molar-refractivity contribution in [1.29, 1.82) is 5.26 Å². The number of methoxy groups -OCH3 is 1. The smallest absolute Gasteiger partial charge is 0.338 e. The fourth-order valence-corrected chi connectivity index (χ4v) is 2.71. The largest absolute Gasteiger partial charge is 0.495 e. The third kappa shape index (κ3) is 4.10. The van der Waals surface area contributed by atoms with Crippen molar-refractivity contribution in [2.75, 3.05) is 7.11 Å². The summed E-state index contributed by atoms with van der Waals surface area (Å²) in [4.78, 5) is 11.8. The summed E-state index contributed by atoms with van der Waals surface area (Å²) in [6.07, 6.45) is 0. The third-order valence-electron chi connectivity index (χ3n) is 3.13. The fraction of sp³-hybridized carbons (Fsp3) is 0.125. The van der Waals surface area contributed by atoms with Gasteiger partial charge < -0.3 is 9.47 Å². The normalized spacial score (nSPS) is 10.7. The Morgan fingerprint density at radius 3 is 2.62 bits per heavy atom. The van der Waals surface area contributed by atoms with E-state index < -0.39 is 16.0 Å². The van der Waals surface area contributed by atoms with Crippen molar-refractivity contribution >= 4 is 16.0 Å². The predicted octanol–water partition coefficient (Wildman–Crippen LogP) is 1.57. The Morgan fingerprint density at radius 1 is 1.25 bits per heavy atom. The van der Waals surface area contributed by atoms with Gasteiger partial charge in [-0.05, 0) is 35.9 Å². The molecular weight excluding hydrogens is 332 g/mol. The van der Waals surface area contributed by atoms with E-state index in [0.717, 1.165) is 6.07 Å². The first-order chi connectivity index (χ1) is 11.3. The molecule has 0 aliphatic heterocycles. The number of nitrogens with two attached hydrogens (primary N) is 1. The molecule has 0 aromatic heterocycles. The van der Waals surface area contributed by atoms with Gasteiger partial charge in [0.25, 0.3) is 0 Å². The summed E-state index contributed by atoms with van der Waals surface area (Å²) in [7, 11) is -2.75. The molecule has 2 rings (SSSR count). The van der Waals surface area contributed by atoms with Gasteiger partial charge in [-0.2, -0.15) is 5.26 Å². The Kier molecular flexibility index (Phi) is 5.18. The molecule has 0 aliphatic rings. The van der Waals surface area contributed by atoms with E-state index in [0.29, 0.717) is 11.1 Å². The summed E-state index contributed by atoms with van der Waals surface area (Å²) < 4.78 is 33.2. The fourth-order valence-electron chi connectivity index (χ4n) is 1.99. The molecule has 0 aliphatic carbocycles. The van der Waals surface area contributed by atoms with Crippen LogP contribution in [0.15, 0.2) is 47.4 Å². The van der Waals surface area contributed by atoms with E-state index in [2.05, 4.69) is 0 Å². The number of sulfonamides is 1. The first-order valence-corrected chi connectivity index (χ1v) is 8.27. The number of primary sulfonamides is 1. The molecule has 8 heteroatoms. The molecule has 2 aromatic rings. The zero-order valence-corrected chi connectivity index (χ0v) is 13.5. The van der Waals surface area contributed by atoms with Crippen LogP contribution in [0.25, 0.3) is 0 Å². The van der Waals surface area contributed by atoms with Crippen molar-refractivity contribution in [2.24, 2.45) is 5.14 Å². The maximum absolute atomic E-state index is 12.1. The highest BCUT2D eigenvalue weighted by Crippen LogP contribution is 2.24. The summed E-state index contributed by atoms with van der Waals surface area (Å²) in [5, 5.41) is 13.9. The lowest BCUT2D eigenvalue weighted by atomic mass is 10.1. The minimum atomic E-state index is -4.05. The number of rotatable bonds is 5. The number of nitrogens with zero attached hydrogens (tertiary/aromatic N) is 1. The Bertz CT molecular complexity index is 916. The van der Waals surface area contributed by atoms with Crippen molar-refractivity contribution in [3.8, 4) is 11.8 Å². The third-order valence-corrected chi connectivity index (χ3v) is 4.06. The molecule has 124 valence electrons. The van der Waals surface area contributed by atoms with Gasteiger partial charge in [-0.25, -0.2) is 18.4 Å². The highest BCUT2D eigenvalue weighted by atomic mass is 32.2. The van der Waals surface area contributed by atoms with Crippen LogP contribution >= 0.6 is 0 Å². The molecule has 24 heavy (non-hydrogen) atoms. The molecule has 7 nitrogen and oxygen atoms in total. The molecule has 0 atom stereocenters. The van der Waals surface area contributed by atoms with Crippen LogP contribution in [-0.4, -0.2) is 21.5 Å². The number of nitriles is 1. The molecule has 0 fully saturated rings. The Labute approximate surface area is 139 Å². The van der Waals surface area contributed by atoms with Crippen LogP contribution in [0, 0.1) is 11.3 Å². The first kappa shape index (κ1) is 17.5. The van der Waals surface area contributed by atoms with Gasteiger partial charge in [0.15, 0.2) is 0 Å². The van der Waals surface area contributed by atoms with Gasteiger partial charge in [0.2, 0.25) is 10.0 Å². The molecule has 0 unspecified atom stereocenters. The number of hydrogen-bond acceptors (Lipinski definition) is 6. The second-order valence-electron chi connectivity index (χ2n) is 4.80. The van der Waals surface area contributed by atoms with Crippen LogP contribution in [0.4, 0.5) is 0 Å². The lowest BCUT2D eigenvalue weighted by Crippen LogP contribution is -2.15. The predicted molar refractivity (Wildman–Crippen MR) is 84.6 cm³/mol. The van der Waals surface area contributed by atoms with E-state index in [9.17, 15) is 13.2 Å². The average molecular weight is 346 g/mol. The summed E-state index contributed by atoms with van der Waals surface area (Å²) in [6.45, 7) is -0.0505. The molecule has 0 heterocycles. The van der Waals surface area contributed by atoms with Gasteiger partial charge in [0, 0.05) is 0 Å². The number of carbonyl (C=O) groups is 1. The Hall–Kier alpha value is -2.89. The van der Waals surface area contributed by atoms with Crippen molar-refractivity contribution in [2.45, 2.75) is 11.5 Å². The number of carbonyl (C=O) groups excluding carboxylic acids is 1. The molecule has 0 saturated carbocycles. The van der Waals surface area contributed by atoms with Crippen molar-refractivity contribution in [1.82, 2.24) is 0 Å². The highest BCUT2D eigenvalue weighted by molar-refractivity contribution is 7.89. The second kappa shape index (κ2) is 7.12. The van der Waals surface area contributed by atoms with Gasteiger partial charge in [0.05, 0.1) is 24.3 Å². The van der Waals surface area contributed by atoms with Crippen LogP contribution in [0.1, 0.15) is 21.5 Å². The zero-order chi connectivity index (χ0) is 17.7. The Balaban J connectivity index is 2.20. The number of esters is 1. The van der Waals surface area contributed by atoms with Gasteiger partial charge in [-0.1, -0.05) is 12.1 Å². The molecule has 0 saturated heterocycles. The maximum atomic E-state index is 12.1. The molecule has 0 bridgehead atoms. The van der Waals surface area contributed by atoms with E-state index in [1.165, 1.54) is 19.2 Å². The maximum Gasteiger partial charge on any atom is 0.338 e. The van der Waals surface area contributed by atoms with Crippen molar-refractivity contribution in [3.05, 3.63) is 59.2 Å². The molecule has 0 radical (unpaired) electrons. The van der Waals surface area contributed by atoms with Crippen LogP contribution in [0.3, 0.4) is 0 Å². The zero-order valence-electron chi connectivity index (χ0n) is 12.7. The van der Waals surface area contributed by atoms with Gasteiger partial charge >= 0.3 is 5.97 Å². The van der Waals surface area contributed by atoms with Crippen molar-refractivity contribution < 1.29 is 22.7 Å². The van der Waals surface area contributed by atoms with Crippen LogP contribution in [0.5, 0.6) is 5.75 Å². The highest BCUT2D eigenvalue weighted by Gasteiger charge is 2.18. The number of ether oxygens (including phenoxy) is 2. The summed E-state index contributed by atoms with van der Waals surface area (Å²) in [5.74, 6) is -0.680.